The van der Waals surface area contributed by atoms with Crippen LogP contribution in [-0.2, 0) is 12.8 Å². The maximum atomic E-state index is 13.7. The number of ketones is 1. The Bertz CT molecular complexity index is 1570. The minimum absolute atomic E-state index is 0.00542. The van der Waals surface area contributed by atoms with E-state index in [-0.39, 0.29) is 17.8 Å². The highest BCUT2D eigenvalue weighted by Crippen LogP contribution is 2.37. The molecule has 40 heavy (non-hydrogen) atoms. The van der Waals surface area contributed by atoms with E-state index in [2.05, 4.69) is 70.3 Å². The molecule has 3 aromatic carbocycles. The third-order valence-corrected chi connectivity index (χ3v) is 7.25. The second kappa shape index (κ2) is 11.5. The van der Waals surface area contributed by atoms with Gasteiger partial charge in [0.1, 0.15) is 5.82 Å². The van der Waals surface area contributed by atoms with Crippen molar-refractivity contribution in [1.82, 2.24) is 14.9 Å². The fourth-order valence-electron chi connectivity index (χ4n) is 5.22. The van der Waals surface area contributed by atoms with Gasteiger partial charge in [0.25, 0.3) is 0 Å². The first-order valence-corrected chi connectivity index (χ1v) is 13.1. The van der Waals surface area contributed by atoms with Crippen molar-refractivity contribution in [2.45, 2.75) is 25.8 Å². The molecule has 0 saturated carbocycles. The van der Waals surface area contributed by atoms with Gasteiger partial charge >= 0.3 is 0 Å². The lowest BCUT2D eigenvalue weighted by Crippen LogP contribution is -2.32. The van der Waals surface area contributed by atoms with Gasteiger partial charge in [0.05, 0.1) is 25.8 Å². The molecular weight excluding hydrogens is 502 g/mol. The number of hydrogen-bond acceptors (Lipinski definition) is 8. The largest absolute Gasteiger partial charge is 0.493 e. The molecule has 4 N–H and O–H groups in total. The number of allylic oxidation sites excluding steroid dienone is 1. The molecule has 204 valence electrons. The Kier molecular flexibility index (Phi) is 7.68. The molecule has 1 aromatic heterocycles. The zero-order valence-corrected chi connectivity index (χ0v) is 22.9. The fourth-order valence-corrected chi connectivity index (χ4v) is 5.22. The molecular formula is C32H33N5O3. The fraction of sp³-hybridized carbons (Fsp3) is 0.219. The van der Waals surface area contributed by atoms with E-state index in [9.17, 15) is 4.79 Å². The number of benzene rings is 3. The number of fused-ring (bicyclic) bond motifs is 1. The number of nitrogens with zero attached hydrogens (tertiary/aromatic N) is 3. The molecule has 0 radical (unpaired) electrons. The van der Waals surface area contributed by atoms with Gasteiger partial charge in [-0.1, -0.05) is 54.1 Å². The van der Waals surface area contributed by atoms with E-state index in [4.69, 9.17) is 20.9 Å². The van der Waals surface area contributed by atoms with Crippen LogP contribution in [0.4, 0.5) is 11.8 Å². The quantitative estimate of drug-likeness (QED) is 0.242. The molecule has 1 aliphatic heterocycles. The number of methoxy groups -OCH3 is 2. The molecule has 0 fully saturated rings. The maximum Gasteiger partial charge on any atom is 0.221 e. The van der Waals surface area contributed by atoms with Crippen LogP contribution in [-0.4, -0.2) is 41.4 Å². The predicted octanol–water partition coefficient (Wildman–Crippen LogP) is 4.90. The van der Waals surface area contributed by atoms with Gasteiger partial charge < -0.3 is 25.8 Å². The van der Waals surface area contributed by atoms with E-state index in [0.717, 1.165) is 18.5 Å². The minimum Gasteiger partial charge on any atom is -0.493 e. The Labute approximate surface area is 234 Å². The van der Waals surface area contributed by atoms with E-state index >= 15 is 0 Å². The highest BCUT2D eigenvalue weighted by atomic mass is 16.5. The van der Waals surface area contributed by atoms with Crippen molar-refractivity contribution in [3.63, 3.8) is 0 Å². The van der Waals surface area contributed by atoms with Crippen molar-refractivity contribution >= 4 is 17.5 Å². The number of hydrogen-bond donors (Lipinski definition) is 2. The van der Waals surface area contributed by atoms with Gasteiger partial charge in [0.2, 0.25) is 5.95 Å². The summed E-state index contributed by atoms with van der Waals surface area (Å²) in [4.78, 5) is 24.0. The van der Waals surface area contributed by atoms with E-state index in [1.54, 1.807) is 25.4 Å². The normalized spacial score (nSPS) is 14.7. The van der Waals surface area contributed by atoms with Gasteiger partial charge in [0.15, 0.2) is 17.3 Å². The Hall–Kier alpha value is -4.85. The first-order chi connectivity index (χ1) is 19.4. The Morgan fingerprint density at radius 2 is 1.85 bits per heavy atom. The topological polar surface area (TPSA) is 117 Å². The van der Waals surface area contributed by atoms with Crippen LogP contribution in [0, 0.1) is 6.92 Å². The zero-order valence-electron chi connectivity index (χ0n) is 22.9. The van der Waals surface area contributed by atoms with Gasteiger partial charge in [-0.15, -0.1) is 0 Å². The van der Waals surface area contributed by atoms with Crippen LogP contribution in [0.15, 0.2) is 79.1 Å². The van der Waals surface area contributed by atoms with Crippen LogP contribution >= 0.6 is 0 Å². The van der Waals surface area contributed by atoms with Crippen molar-refractivity contribution in [2.75, 3.05) is 32.2 Å². The van der Waals surface area contributed by atoms with Crippen molar-refractivity contribution < 1.29 is 14.3 Å². The van der Waals surface area contributed by atoms with Crippen molar-refractivity contribution in [3.05, 3.63) is 118 Å². The number of aromatic nitrogens is 2. The molecule has 1 atom stereocenters. The molecule has 4 aromatic rings. The van der Waals surface area contributed by atoms with Crippen molar-refractivity contribution in [1.29, 1.82) is 0 Å². The van der Waals surface area contributed by atoms with Crippen LogP contribution in [0.3, 0.4) is 0 Å². The number of nitrogens with two attached hydrogens (primary N) is 2. The van der Waals surface area contributed by atoms with Crippen molar-refractivity contribution in [2.24, 2.45) is 0 Å². The van der Waals surface area contributed by atoms with E-state index < -0.39 is 0 Å². The molecule has 8 heteroatoms. The number of rotatable bonds is 8. The second-order valence-electron chi connectivity index (χ2n) is 9.87. The standard InChI is InChI=1S/C32H33N5O3/c1-20-8-10-23(11-9-20)29-25-7-5-4-6-22(25)12-14-37(29)15-13-27(38)26-17-21(18-28(39-2)30(26)40-3)16-24-19-35-32(34)36-31(24)33/h4-11,13,15,17-19,29H,12,14,16H2,1-3H3,(H4,33,34,35,36)/b15-13+. The summed E-state index contributed by atoms with van der Waals surface area (Å²) < 4.78 is 11.2. The van der Waals surface area contributed by atoms with Gasteiger partial charge in [0, 0.05) is 37.0 Å². The van der Waals surface area contributed by atoms with Crippen LogP contribution in [0.25, 0.3) is 0 Å². The van der Waals surface area contributed by atoms with Crippen LogP contribution in [0.5, 0.6) is 11.5 Å². The Balaban J connectivity index is 1.48. The van der Waals surface area contributed by atoms with Crippen molar-refractivity contribution in [3.8, 4) is 11.5 Å². The monoisotopic (exact) mass is 535 g/mol. The summed E-state index contributed by atoms with van der Waals surface area (Å²) in [6.45, 7) is 2.87. The average molecular weight is 536 g/mol. The smallest absolute Gasteiger partial charge is 0.221 e. The molecule has 8 nitrogen and oxygen atoms in total. The predicted molar refractivity (Wildman–Crippen MR) is 157 cm³/mol. The highest BCUT2D eigenvalue weighted by molar-refractivity contribution is 6.07. The number of nitrogen functional groups attached to an aromatic ring is 2. The first kappa shape index (κ1) is 26.7. The third kappa shape index (κ3) is 5.47. The Morgan fingerprint density at radius 3 is 2.58 bits per heavy atom. The summed E-state index contributed by atoms with van der Waals surface area (Å²) in [6, 6.07) is 20.7. The lowest BCUT2D eigenvalue weighted by molar-refractivity contribution is 0.104. The second-order valence-corrected chi connectivity index (χ2v) is 9.87. The molecule has 5 rings (SSSR count). The highest BCUT2D eigenvalue weighted by Gasteiger charge is 2.27. The van der Waals surface area contributed by atoms with Gasteiger partial charge in [-0.05, 0) is 47.7 Å². The first-order valence-electron chi connectivity index (χ1n) is 13.1. The molecule has 0 spiro atoms. The van der Waals surface area contributed by atoms with Crippen LogP contribution in [0.2, 0.25) is 0 Å². The van der Waals surface area contributed by atoms with E-state index in [1.807, 2.05) is 12.3 Å². The van der Waals surface area contributed by atoms with Crippen LogP contribution in [0.1, 0.15) is 49.8 Å². The summed E-state index contributed by atoms with van der Waals surface area (Å²) in [5.74, 6) is 1.04. The average Bonchev–Trinajstić information content (AvgIpc) is 2.97. The van der Waals surface area contributed by atoms with Gasteiger partial charge in [-0.3, -0.25) is 4.79 Å². The summed E-state index contributed by atoms with van der Waals surface area (Å²) in [5.41, 5.74) is 18.6. The minimum atomic E-state index is -0.194. The molecule has 1 unspecified atom stereocenters. The van der Waals surface area contributed by atoms with Gasteiger partial charge in [-0.2, -0.15) is 4.98 Å². The number of aryl methyl sites for hydroxylation is 1. The summed E-state index contributed by atoms with van der Waals surface area (Å²) in [6.07, 6.45) is 6.39. The SMILES string of the molecule is COc1cc(Cc2cnc(N)nc2N)cc(C(=O)/C=C/N2CCc3ccccc3C2c2ccc(C)cc2)c1OC. The molecule has 0 saturated heterocycles. The number of ether oxygens (including phenoxy) is 2. The molecule has 0 aliphatic carbocycles. The third-order valence-electron chi connectivity index (χ3n) is 7.25. The number of carbonyl (C=O) groups is 1. The maximum absolute atomic E-state index is 13.7. The molecule has 1 aliphatic rings. The Morgan fingerprint density at radius 1 is 1.07 bits per heavy atom. The van der Waals surface area contributed by atoms with Crippen LogP contribution < -0.4 is 20.9 Å². The molecule has 0 amide bonds. The van der Waals surface area contributed by atoms with E-state index in [0.29, 0.717) is 34.9 Å². The summed E-state index contributed by atoms with van der Waals surface area (Å²) in [7, 11) is 3.07. The molecule has 0 bridgehead atoms. The zero-order chi connectivity index (χ0) is 28.2. The summed E-state index contributed by atoms with van der Waals surface area (Å²) >= 11 is 0. The number of anilines is 2. The molecule has 2 heterocycles. The van der Waals surface area contributed by atoms with Gasteiger partial charge in [-0.25, -0.2) is 4.98 Å². The van der Waals surface area contributed by atoms with E-state index in [1.165, 1.54) is 29.4 Å². The summed E-state index contributed by atoms with van der Waals surface area (Å²) in [5, 5.41) is 0. The lowest BCUT2D eigenvalue weighted by Gasteiger charge is -2.37. The number of carbonyl (C=O) groups excluding carboxylic acids is 1. The lowest BCUT2D eigenvalue weighted by atomic mass is 9.88.